The Labute approximate surface area is 374 Å². The highest BCUT2D eigenvalue weighted by molar-refractivity contribution is 6.15. The Morgan fingerprint density at radius 1 is 0.446 bits per heavy atom. The number of hydrogen-bond donors (Lipinski definition) is 0. The van der Waals surface area contributed by atoms with E-state index in [1.807, 2.05) is 0 Å². The van der Waals surface area contributed by atoms with E-state index in [9.17, 15) is 0 Å². The number of rotatable bonds is 4. The minimum absolute atomic E-state index is 0.0301. The summed E-state index contributed by atoms with van der Waals surface area (Å²) in [5, 5.41) is 8.79. The lowest BCUT2D eigenvalue weighted by atomic mass is 9.90. The van der Waals surface area contributed by atoms with Crippen LogP contribution in [0.2, 0.25) is 0 Å². The fourth-order valence-electron chi connectivity index (χ4n) is 11.9. The van der Waals surface area contributed by atoms with Gasteiger partial charge in [-0.15, -0.1) is 0 Å². The van der Waals surface area contributed by atoms with Crippen molar-refractivity contribution < 1.29 is 4.74 Å². The fourth-order valence-corrected chi connectivity index (χ4v) is 11.9. The van der Waals surface area contributed by atoms with Crippen LogP contribution in [0.1, 0.15) is 29.2 Å². The second-order valence-electron chi connectivity index (χ2n) is 17.9. The summed E-state index contributed by atoms with van der Waals surface area (Å²) in [5.41, 5.74) is 17.0. The van der Waals surface area contributed by atoms with Crippen molar-refractivity contribution in [2.24, 2.45) is 0 Å². The molecular formula is C60H40N4O. The Kier molecular flexibility index (Phi) is 7.11. The molecule has 0 fully saturated rings. The van der Waals surface area contributed by atoms with Crippen LogP contribution in [0.4, 0.5) is 0 Å². The Morgan fingerprint density at radius 3 is 1.55 bits per heavy atom. The highest BCUT2D eigenvalue weighted by atomic mass is 16.5. The Hall–Kier alpha value is -8.28. The first-order valence-corrected chi connectivity index (χ1v) is 22.8. The zero-order valence-corrected chi connectivity index (χ0v) is 35.4. The molecule has 1 aliphatic heterocycles. The summed E-state index contributed by atoms with van der Waals surface area (Å²) in [7, 11) is 0. The van der Waals surface area contributed by atoms with E-state index in [0.29, 0.717) is 0 Å². The lowest BCUT2D eigenvalue weighted by Crippen LogP contribution is -2.19. The quantitative estimate of drug-likeness (QED) is 0.174. The smallest absolute Gasteiger partial charge is 0.128 e. The van der Waals surface area contributed by atoms with Gasteiger partial charge >= 0.3 is 0 Å². The van der Waals surface area contributed by atoms with Gasteiger partial charge in [0.15, 0.2) is 0 Å². The predicted molar refractivity (Wildman–Crippen MR) is 269 cm³/mol. The molecule has 0 saturated heterocycles. The van der Waals surface area contributed by atoms with Crippen molar-refractivity contribution in [3.63, 3.8) is 0 Å². The lowest BCUT2D eigenvalue weighted by Gasteiger charge is -2.23. The number of fused-ring (bicyclic) bond motifs is 15. The van der Waals surface area contributed by atoms with Gasteiger partial charge in [-0.05, 0) is 91.7 Å². The Bertz CT molecular complexity index is 4020. The molecule has 0 spiro atoms. The standard InChI is InChI=1S/C60H40N4O/c1-9-25-51-39(15-1)40-16-2-10-26-52(40)63(51)55-29-13-21-45-43-19-5-7-23-49(43)61(59(45)55)37-31-33-57-47(35-37)48-36-38(32-34-58(48)65-57)62-50-24-8-6-20-44(50)46-22-14-30-56(60(46)62)64-53-27-11-3-17-41(53)42-18-4-12-28-54(42)64/h1-7,9-23,25-36,48,58H,8,24H2. The van der Waals surface area contributed by atoms with Gasteiger partial charge in [0.05, 0.1) is 50.0 Å². The molecule has 2 unspecified atom stereocenters. The molecule has 15 rings (SSSR count). The summed E-state index contributed by atoms with van der Waals surface area (Å²) in [6, 6.07) is 64.6. The summed E-state index contributed by atoms with van der Waals surface area (Å²) < 4.78 is 16.8. The number of ether oxygens (including phenoxy) is 1. The van der Waals surface area contributed by atoms with E-state index < -0.39 is 0 Å². The van der Waals surface area contributed by atoms with Crippen LogP contribution in [0.5, 0.6) is 5.75 Å². The van der Waals surface area contributed by atoms with E-state index in [1.54, 1.807) is 0 Å². The molecule has 306 valence electrons. The Balaban J connectivity index is 0.941. The minimum atomic E-state index is -0.0929. The molecule has 12 aromatic rings. The number of hydrogen-bond acceptors (Lipinski definition) is 1. The molecule has 2 aliphatic carbocycles. The van der Waals surface area contributed by atoms with Crippen LogP contribution in [-0.4, -0.2) is 24.4 Å². The topological polar surface area (TPSA) is 28.9 Å². The highest BCUT2D eigenvalue weighted by Gasteiger charge is 2.36. The summed E-state index contributed by atoms with van der Waals surface area (Å²) in [6.07, 6.45) is 13.7. The second kappa shape index (κ2) is 13.1. The fraction of sp³-hybridized carbons (Fsp3) is 0.0667. The highest BCUT2D eigenvalue weighted by Crippen LogP contribution is 2.48. The number of aromatic nitrogens is 4. The maximum absolute atomic E-state index is 6.81. The first-order valence-electron chi connectivity index (χ1n) is 22.8. The molecule has 0 radical (unpaired) electrons. The van der Waals surface area contributed by atoms with Crippen molar-refractivity contribution in [2.75, 3.05) is 0 Å². The van der Waals surface area contributed by atoms with Crippen LogP contribution in [0, 0.1) is 0 Å². The van der Waals surface area contributed by atoms with Crippen molar-refractivity contribution in [1.82, 2.24) is 18.3 Å². The predicted octanol–water partition coefficient (Wildman–Crippen LogP) is 14.8. The van der Waals surface area contributed by atoms with Crippen LogP contribution >= 0.6 is 0 Å². The normalized spacial score (nSPS) is 16.6. The first-order chi connectivity index (χ1) is 32.3. The second-order valence-corrected chi connectivity index (χ2v) is 17.9. The summed E-state index contributed by atoms with van der Waals surface area (Å²) in [5.74, 6) is 0.977. The van der Waals surface area contributed by atoms with Crippen LogP contribution in [0.25, 0.3) is 105 Å². The van der Waals surface area contributed by atoms with Gasteiger partial charge in [0.2, 0.25) is 0 Å². The van der Waals surface area contributed by atoms with Crippen molar-refractivity contribution in [3.05, 3.63) is 217 Å². The van der Waals surface area contributed by atoms with E-state index in [1.165, 1.54) is 105 Å². The molecule has 0 N–H and O–H groups in total. The first kappa shape index (κ1) is 35.2. The van der Waals surface area contributed by atoms with Gasteiger partial charge in [-0.2, -0.15) is 0 Å². The summed E-state index contributed by atoms with van der Waals surface area (Å²) in [4.78, 5) is 0. The largest absolute Gasteiger partial charge is 0.485 e. The van der Waals surface area contributed by atoms with Gasteiger partial charge in [-0.3, -0.25) is 0 Å². The minimum Gasteiger partial charge on any atom is -0.485 e. The zero-order chi connectivity index (χ0) is 42.3. The third-order valence-corrected chi connectivity index (χ3v) is 14.5. The Morgan fingerprint density at radius 2 is 0.954 bits per heavy atom. The van der Waals surface area contributed by atoms with E-state index in [-0.39, 0.29) is 12.0 Å². The van der Waals surface area contributed by atoms with Gasteiger partial charge in [0.1, 0.15) is 11.9 Å². The zero-order valence-electron chi connectivity index (χ0n) is 35.4. The van der Waals surface area contributed by atoms with E-state index in [0.717, 1.165) is 30.0 Å². The van der Waals surface area contributed by atoms with Crippen molar-refractivity contribution in [1.29, 1.82) is 0 Å². The van der Waals surface area contributed by atoms with Crippen LogP contribution in [0.15, 0.2) is 200 Å². The molecule has 3 aliphatic rings. The van der Waals surface area contributed by atoms with Crippen LogP contribution in [0.3, 0.4) is 0 Å². The molecule has 8 aromatic carbocycles. The number of benzene rings is 8. The maximum atomic E-state index is 6.81. The third-order valence-electron chi connectivity index (χ3n) is 14.5. The molecular weight excluding hydrogens is 793 g/mol. The molecule has 2 atom stereocenters. The third kappa shape index (κ3) is 4.76. The average Bonchev–Trinajstić information content (AvgIpc) is 4.17. The van der Waals surface area contributed by atoms with Crippen LogP contribution in [-0.2, 0) is 6.42 Å². The lowest BCUT2D eigenvalue weighted by molar-refractivity contribution is 0.269. The average molecular weight is 833 g/mol. The summed E-state index contributed by atoms with van der Waals surface area (Å²) in [6.45, 7) is 0. The van der Waals surface area contributed by atoms with Crippen molar-refractivity contribution in [2.45, 2.75) is 24.9 Å². The molecule has 65 heavy (non-hydrogen) atoms. The molecule has 0 amide bonds. The monoisotopic (exact) mass is 832 g/mol. The summed E-state index contributed by atoms with van der Waals surface area (Å²) >= 11 is 0. The van der Waals surface area contributed by atoms with Crippen molar-refractivity contribution in [3.8, 4) is 22.8 Å². The number of para-hydroxylation sites is 7. The van der Waals surface area contributed by atoms with E-state index in [2.05, 4.69) is 225 Å². The molecule has 5 nitrogen and oxygen atoms in total. The van der Waals surface area contributed by atoms with Gasteiger partial charge in [0, 0.05) is 71.8 Å². The van der Waals surface area contributed by atoms with Gasteiger partial charge in [0.25, 0.3) is 0 Å². The SMILES string of the molecule is C1=Cc2c(n(C3=CC4c5cc(-n6c7ccccc7c7cccc(-n8c9ccccc9c9ccccc98)c76)ccc5OC4C=C3)c3c(-n4c5ccccc5c5ccccc54)cccc23)CC1. The van der Waals surface area contributed by atoms with Crippen LogP contribution < -0.4 is 4.74 Å². The van der Waals surface area contributed by atoms with E-state index >= 15 is 0 Å². The molecule has 0 bridgehead atoms. The molecule has 5 heteroatoms. The van der Waals surface area contributed by atoms with Gasteiger partial charge in [-0.25, -0.2) is 0 Å². The van der Waals surface area contributed by atoms with E-state index in [4.69, 9.17) is 4.74 Å². The number of nitrogens with zero attached hydrogens (tertiary/aromatic N) is 4. The number of allylic oxidation sites excluding steroid dienone is 3. The molecule has 5 heterocycles. The maximum Gasteiger partial charge on any atom is 0.128 e. The van der Waals surface area contributed by atoms with Gasteiger partial charge in [-0.1, -0.05) is 127 Å². The molecule has 0 saturated carbocycles. The van der Waals surface area contributed by atoms with Gasteiger partial charge < -0.3 is 23.0 Å². The molecule has 4 aromatic heterocycles. The van der Waals surface area contributed by atoms with Crippen molar-refractivity contribution >= 4 is 88.1 Å².